The second-order valence-corrected chi connectivity index (χ2v) is 9.44. The summed E-state index contributed by atoms with van der Waals surface area (Å²) in [6.07, 6.45) is 4.06. The maximum absolute atomic E-state index is 12.7. The fourth-order valence-electron chi connectivity index (χ4n) is 3.63. The second-order valence-electron chi connectivity index (χ2n) is 7.50. The Morgan fingerprint density at radius 3 is 2.28 bits per heavy atom. The van der Waals surface area contributed by atoms with Crippen LogP contribution >= 0.6 is 0 Å². The van der Waals surface area contributed by atoms with Crippen molar-refractivity contribution in [2.75, 3.05) is 18.8 Å². The lowest BCUT2D eigenvalue weighted by Gasteiger charge is -2.25. The third-order valence-electron chi connectivity index (χ3n) is 5.42. The summed E-state index contributed by atoms with van der Waals surface area (Å²) in [6, 6.07) is 12.7. The van der Waals surface area contributed by atoms with Crippen LogP contribution in [-0.2, 0) is 10.0 Å². The van der Waals surface area contributed by atoms with Crippen LogP contribution in [-0.4, -0.2) is 42.6 Å². The Morgan fingerprint density at radius 2 is 1.56 bits per heavy atom. The van der Waals surface area contributed by atoms with E-state index >= 15 is 0 Å². The van der Waals surface area contributed by atoms with Crippen molar-refractivity contribution in [2.45, 2.75) is 24.2 Å². The SMILES string of the molecule is Nc1c(C(=O)NNC(=O)c2ccc(S(=O)(=O)N3CCCCC3)cc2)cnc2ccccc12. The number of carbonyl (C=O) groups is 2. The normalized spacial score (nSPS) is 14.8. The van der Waals surface area contributed by atoms with Gasteiger partial charge >= 0.3 is 0 Å². The van der Waals surface area contributed by atoms with Gasteiger partial charge in [0.1, 0.15) is 0 Å². The third kappa shape index (κ3) is 4.27. The highest BCUT2D eigenvalue weighted by molar-refractivity contribution is 7.89. The standard InChI is InChI=1S/C22H23N5O4S/c23-20-17-6-2-3-7-19(17)24-14-18(20)22(29)26-25-21(28)15-8-10-16(11-9-15)32(30,31)27-12-4-1-5-13-27/h2-3,6-11,14H,1,4-5,12-13H2,(H2,23,24)(H,25,28)(H,26,29). The number of benzene rings is 2. The van der Waals surface area contributed by atoms with E-state index in [4.69, 9.17) is 5.73 Å². The van der Waals surface area contributed by atoms with Crippen LogP contribution in [0.1, 0.15) is 40.0 Å². The van der Waals surface area contributed by atoms with Crippen LogP contribution in [0.15, 0.2) is 59.6 Å². The molecule has 1 saturated heterocycles. The first kappa shape index (κ1) is 21.7. The number of nitrogens with two attached hydrogens (primary N) is 1. The molecule has 1 fully saturated rings. The minimum atomic E-state index is -3.58. The van der Waals surface area contributed by atoms with Crippen LogP contribution in [0.3, 0.4) is 0 Å². The Labute approximate surface area is 185 Å². The van der Waals surface area contributed by atoms with Gasteiger partial charge in [0.2, 0.25) is 10.0 Å². The first-order valence-electron chi connectivity index (χ1n) is 10.2. The lowest BCUT2D eigenvalue weighted by molar-refractivity contribution is 0.0847. The van der Waals surface area contributed by atoms with Gasteiger partial charge in [-0.15, -0.1) is 0 Å². The minimum absolute atomic E-state index is 0.131. The van der Waals surface area contributed by atoms with Gasteiger partial charge in [0.25, 0.3) is 11.8 Å². The molecular formula is C22H23N5O4S. The van der Waals surface area contributed by atoms with Crippen LogP contribution < -0.4 is 16.6 Å². The van der Waals surface area contributed by atoms with E-state index in [0.29, 0.717) is 24.0 Å². The molecule has 0 unspecified atom stereocenters. The predicted octanol–water partition coefficient (Wildman–Crippen LogP) is 2.07. The molecule has 2 heterocycles. The van der Waals surface area contributed by atoms with Crippen LogP contribution in [0.5, 0.6) is 0 Å². The monoisotopic (exact) mass is 453 g/mol. The van der Waals surface area contributed by atoms with E-state index in [0.717, 1.165) is 19.3 Å². The van der Waals surface area contributed by atoms with Crippen LogP contribution in [0.2, 0.25) is 0 Å². The van der Waals surface area contributed by atoms with Gasteiger partial charge in [-0.1, -0.05) is 24.6 Å². The molecule has 0 atom stereocenters. The van der Waals surface area contributed by atoms with Crippen molar-refractivity contribution in [3.05, 3.63) is 65.9 Å². The average molecular weight is 454 g/mol. The fourth-order valence-corrected chi connectivity index (χ4v) is 5.15. The van der Waals surface area contributed by atoms with Gasteiger partial charge in [-0.2, -0.15) is 4.31 Å². The molecule has 166 valence electrons. The average Bonchev–Trinajstić information content (AvgIpc) is 2.83. The zero-order valence-electron chi connectivity index (χ0n) is 17.2. The number of pyridine rings is 1. The molecule has 0 radical (unpaired) electrons. The van der Waals surface area contributed by atoms with Gasteiger partial charge in [-0.25, -0.2) is 8.42 Å². The van der Waals surface area contributed by atoms with Crippen molar-refractivity contribution in [3.8, 4) is 0 Å². The number of nitrogens with zero attached hydrogens (tertiary/aromatic N) is 2. The summed E-state index contributed by atoms with van der Waals surface area (Å²) in [5.41, 5.74) is 12.0. The number of piperidine rings is 1. The molecule has 1 aromatic heterocycles. The molecule has 10 heteroatoms. The maximum atomic E-state index is 12.7. The van der Waals surface area contributed by atoms with E-state index in [1.807, 2.05) is 6.07 Å². The van der Waals surface area contributed by atoms with Crippen LogP contribution in [0.25, 0.3) is 10.9 Å². The van der Waals surface area contributed by atoms with Crippen molar-refractivity contribution in [1.82, 2.24) is 20.1 Å². The van der Waals surface area contributed by atoms with Crippen molar-refractivity contribution in [1.29, 1.82) is 0 Å². The molecule has 32 heavy (non-hydrogen) atoms. The molecule has 1 aliphatic rings. The van der Waals surface area contributed by atoms with Crippen molar-refractivity contribution >= 4 is 38.4 Å². The lowest BCUT2D eigenvalue weighted by atomic mass is 10.1. The number of anilines is 1. The number of carbonyl (C=O) groups excluding carboxylic acids is 2. The molecule has 4 rings (SSSR count). The van der Waals surface area contributed by atoms with Crippen LogP contribution in [0, 0.1) is 0 Å². The second kappa shape index (κ2) is 8.93. The van der Waals surface area contributed by atoms with Crippen molar-refractivity contribution in [3.63, 3.8) is 0 Å². The number of rotatable bonds is 4. The highest BCUT2D eigenvalue weighted by atomic mass is 32.2. The zero-order valence-corrected chi connectivity index (χ0v) is 18.1. The Bertz CT molecular complexity index is 1270. The Balaban J connectivity index is 1.42. The molecule has 2 aromatic carbocycles. The number of para-hydroxylation sites is 1. The van der Waals surface area contributed by atoms with E-state index in [2.05, 4.69) is 15.8 Å². The van der Waals surface area contributed by atoms with E-state index in [1.165, 1.54) is 34.8 Å². The Morgan fingerprint density at radius 1 is 0.906 bits per heavy atom. The molecule has 0 bridgehead atoms. The number of sulfonamides is 1. The van der Waals surface area contributed by atoms with Crippen LogP contribution in [0.4, 0.5) is 5.69 Å². The molecule has 4 N–H and O–H groups in total. The number of hydrogen-bond acceptors (Lipinski definition) is 6. The molecule has 9 nitrogen and oxygen atoms in total. The first-order chi connectivity index (χ1) is 15.4. The van der Waals surface area contributed by atoms with E-state index in [-0.39, 0.29) is 21.7 Å². The number of hydrogen-bond donors (Lipinski definition) is 3. The van der Waals surface area contributed by atoms with E-state index in [9.17, 15) is 18.0 Å². The molecule has 0 aliphatic carbocycles. The predicted molar refractivity (Wildman–Crippen MR) is 120 cm³/mol. The van der Waals surface area contributed by atoms with Gasteiger partial charge in [0.05, 0.1) is 21.7 Å². The number of aromatic nitrogens is 1. The number of fused-ring (bicyclic) bond motifs is 1. The third-order valence-corrected chi connectivity index (χ3v) is 7.33. The maximum Gasteiger partial charge on any atom is 0.273 e. The fraction of sp³-hybridized carbons (Fsp3) is 0.227. The van der Waals surface area contributed by atoms with Gasteiger partial charge < -0.3 is 5.73 Å². The summed E-state index contributed by atoms with van der Waals surface area (Å²) in [5, 5.41) is 0.636. The molecule has 2 amide bonds. The van der Waals surface area contributed by atoms with Gasteiger partial charge in [0, 0.05) is 30.2 Å². The smallest absolute Gasteiger partial charge is 0.273 e. The van der Waals surface area contributed by atoms with E-state index < -0.39 is 21.8 Å². The Kier molecular flexibility index (Phi) is 6.06. The van der Waals surface area contributed by atoms with Gasteiger partial charge in [-0.3, -0.25) is 25.4 Å². The van der Waals surface area contributed by atoms with E-state index in [1.54, 1.807) is 18.2 Å². The Hall–Kier alpha value is -3.50. The molecule has 1 aliphatic heterocycles. The summed E-state index contributed by atoms with van der Waals surface area (Å²) in [7, 11) is -3.58. The highest BCUT2D eigenvalue weighted by Crippen LogP contribution is 2.23. The number of hydrazine groups is 1. The van der Waals surface area contributed by atoms with Gasteiger partial charge in [-0.05, 0) is 43.2 Å². The summed E-state index contributed by atoms with van der Waals surface area (Å²) in [4.78, 5) is 29.2. The molecule has 0 spiro atoms. The molecule has 0 saturated carbocycles. The number of nitrogen functional groups attached to an aromatic ring is 1. The summed E-state index contributed by atoms with van der Waals surface area (Å²) < 4.78 is 26.9. The van der Waals surface area contributed by atoms with Gasteiger partial charge in [0.15, 0.2) is 0 Å². The largest absolute Gasteiger partial charge is 0.397 e. The van der Waals surface area contributed by atoms with Crippen molar-refractivity contribution < 1.29 is 18.0 Å². The minimum Gasteiger partial charge on any atom is -0.397 e. The summed E-state index contributed by atoms with van der Waals surface area (Å²) in [5.74, 6) is -1.20. The first-order valence-corrected chi connectivity index (χ1v) is 11.7. The molecular weight excluding hydrogens is 430 g/mol. The van der Waals surface area contributed by atoms with Crippen molar-refractivity contribution in [2.24, 2.45) is 0 Å². The topological polar surface area (TPSA) is 134 Å². The zero-order chi connectivity index (χ0) is 22.7. The molecule has 3 aromatic rings. The quantitative estimate of drug-likeness (QED) is 0.518. The summed E-state index contributed by atoms with van der Waals surface area (Å²) in [6.45, 7) is 1.01. The summed E-state index contributed by atoms with van der Waals surface area (Å²) >= 11 is 0. The lowest BCUT2D eigenvalue weighted by Crippen LogP contribution is -2.42. The highest BCUT2D eigenvalue weighted by Gasteiger charge is 2.26. The number of nitrogens with one attached hydrogen (secondary N) is 2. The number of amides is 2.